The molecule has 14 heavy (non-hydrogen) atoms. The molecule has 0 heterocycles. The van der Waals surface area contributed by atoms with Gasteiger partial charge in [-0.25, -0.2) is 0 Å². The smallest absolute Gasteiger partial charge is 0.133 e. The Morgan fingerprint density at radius 1 is 1.21 bits per heavy atom. The molecule has 0 aromatic heterocycles. The fraction of sp³-hybridized carbons (Fsp3) is 0.769. The van der Waals surface area contributed by atoms with Crippen molar-refractivity contribution in [3.05, 3.63) is 12.2 Å². The van der Waals surface area contributed by atoms with Gasteiger partial charge < -0.3 is 0 Å². The third kappa shape index (κ3) is 1.43. The molecule has 1 saturated carbocycles. The highest BCUT2D eigenvalue weighted by molar-refractivity contribution is 5.79. The monoisotopic (exact) mass is 192 g/mol. The Balaban J connectivity index is 2.29. The maximum atomic E-state index is 11.7. The molecule has 1 nitrogen and oxygen atoms in total. The summed E-state index contributed by atoms with van der Waals surface area (Å²) in [5.74, 6) is 3.19. The molecule has 1 heteroatoms. The minimum absolute atomic E-state index is 0.318. The first-order valence-corrected chi connectivity index (χ1v) is 5.80. The molecule has 78 valence electrons. The topological polar surface area (TPSA) is 17.1 Å². The minimum atomic E-state index is 0.318. The molecule has 2 bridgehead atoms. The van der Waals surface area contributed by atoms with E-state index in [1.807, 2.05) is 0 Å². The molecular weight excluding hydrogens is 172 g/mol. The fourth-order valence-corrected chi connectivity index (χ4v) is 3.52. The van der Waals surface area contributed by atoms with E-state index in [4.69, 9.17) is 0 Å². The number of hydrogen-bond donors (Lipinski definition) is 0. The lowest BCUT2D eigenvalue weighted by atomic mass is 9.58. The largest absolute Gasteiger partial charge is 0.300 e. The standard InChI is InChI=1S/C13H20O/c1-8(2)12-10-4-6-11(7-5-10)13(12)9(3)14/h4,6,8,10-13H,5,7H2,1-3H3/t10-,11+,12+,13+/m0/s1. The Hall–Kier alpha value is -0.590. The molecule has 3 aliphatic carbocycles. The Morgan fingerprint density at radius 2 is 1.79 bits per heavy atom. The summed E-state index contributed by atoms with van der Waals surface area (Å²) in [5.41, 5.74) is 0. The Labute approximate surface area is 86.6 Å². The molecule has 0 aliphatic heterocycles. The van der Waals surface area contributed by atoms with E-state index in [0.29, 0.717) is 35.4 Å². The van der Waals surface area contributed by atoms with Crippen LogP contribution in [0.15, 0.2) is 12.2 Å². The van der Waals surface area contributed by atoms with E-state index in [0.717, 1.165) is 0 Å². The van der Waals surface area contributed by atoms with Crippen molar-refractivity contribution in [3.8, 4) is 0 Å². The number of carbonyl (C=O) groups excluding carboxylic acids is 1. The van der Waals surface area contributed by atoms with E-state index in [1.165, 1.54) is 12.8 Å². The van der Waals surface area contributed by atoms with Gasteiger partial charge in [-0.15, -0.1) is 0 Å². The number of Topliss-reactive ketones (excluding diaryl/α,β-unsaturated/α-hetero) is 1. The summed E-state index contributed by atoms with van der Waals surface area (Å²) < 4.78 is 0. The third-order valence-electron chi connectivity index (χ3n) is 4.05. The van der Waals surface area contributed by atoms with E-state index >= 15 is 0 Å². The van der Waals surface area contributed by atoms with Gasteiger partial charge in [0.25, 0.3) is 0 Å². The van der Waals surface area contributed by atoms with Crippen LogP contribution >= 0.6 is 0 Å². The van der Waals surface area contributed by atoms with Gasteiger partial charge in [-0.1, -0.05) is 26.0 Å². The third-order valence-corrected chi connectivity index (χ3v) is 4.05. The predicted molar refractivity (Wildman–Crippen MR) is 57.9 cm³/mol. The summed E-state index contributed by atoms with van der Waals surface area (Å²) >= 11 is 0. The maximum Gasteiger partial charge on any atom is 0.133 e. The zero-order valence-corrected chi connectivity index (χ0v) is 9.36. The first-order valence-electron chi connectivity index (χ1n) is 5.80. The van der Waals surface area contributed by atoms with Crippen LogP contribution in [0.4, 0.5) is 0 Å². The number of carbonyl (C=O) groups is 1. The Morgan fingerprint density at radius 3 is 2.14 bits per heavy atom. The van der Waals surface area contributed by atoms with Gasteiger partial charge in [-0.05, 0) is 43.4 Å². The second kappa shape index (κ2) is 3.52. The van der Waals surface area contributed by atoms with Crippen LogP contribution in [0.2, 0.25) is 0 Å². The predicted octanol–water partition coefficient (Wildman–Crippen LogP) is 3.06. The van der Waals surface area contributed by atoms with Crippen molar-refractivity contribution in [2.45, 2.75) is 33.6 Å². The quantitative estimate of drug-likeness (QED) is 0.614. The van der Waals surface area contributed by atoms with Crippen molar-refractivity contribution in [1.82, 2.24) is 0 Å². The molecule has 0 aromatic rings. The van der Waals surface area contributed by atoms with E-state index in [2.05, 4.69) is 26.0 Å². The van der Waals surface area contributed by atoms with Crippen molar-refractivity contribution < 1.29 is 4.79 Å². The van der Waals surface area contributed by atoms with Crippen LogP contribution in [-0.4, -0.2) is 5.78 Å². The molecule has 0 aromatic carbocycles. The highest BCUT2D eigenvalue weighted by Crippen LogP contribution is 2.48. The van der Waals surface area contributed by atoms with Gasteiger partial charge in [0.15, 0.2) is 0 Å². The molecular formula is C13H20O. The number of hydrogen-bond acceptors (Lipinski definition) is 1. The lowest BCUT2D eigenvalue weighted by Crippen LogP contribution is -2.42. The van der Waals surface area contributed by atoms with Gasteiger partial charge in [0.05, 0.1) is 0 Å². The van der Waals surface area contributed by atoms with Crippen LogP contribution < -0.4 is 0 Å². The first kappa shape index (κ1) is 9.95. The van der Waals surface area contributed by atoms with E-state index in [-0.39, 0.29) is 0 Å². The summed E-state index contributed by atoms with van der Waals surface area (Å²) in [5, 5.41) is 0. The number of allylic oxidation sites excluding steroid dienone is 2. The van der Waals surface area contributed by atoms with Crippen LogP contribution in [0.25, 0.3) is 0 Å². The Bertz CT molecular complexity index is 264. The van der Waals surface area contributed by atoms with Gasteiger partial charge in [-0.2, -0.15) is 0 Å². The molecule has 4 atom stereocenters. The minimum Gasteiger partial charge on any atom is -0.300 e. The van der Waals surface area contributed by atoms with Crippen LogP contribution in [0, 0.1) is 29.6 Å². The van der Waals surface area contributed by atoms with Crippen LogP contribution in [0.1, 0.15) is 33.6 Å². The van der Waals surface area contributed by atoms with Crippen molar-refractivity contribution in [3.63, 3.8) is 0 Å². The van der Waals surface area contributed by atoms with Crippen LogP contribution in [0.3, 0.4) is 0 Å². The average Bonchev–Trinajstić information content (AvgIpc) is 2.17. The molecule has 0 saturated heterocycles. The van der Waals surface area contributed by atoms with Gasteiger partial charge in [0.2, 0.25) is 0 Å². The molecule has 0 radical (unpaired) electrons. The zero-order chi connectivity index (χ0) is 10.3. The Kier molecular flexibility index (Phi) is 2.50. The second-order valence-corrected chi connectivity index (χ2v) is 5.25. The molecule has 3 aliphatic rings. The fourth-order valence-electron chi connectivity index (χ4n) is 3.52. The highest BCUT2D eigenvalue weighted by atomic mass is 16.1. The number of ketones is 1. The van der Waals surface area contributed by atoms with Crippen LogP contribution in [0.5, 0.6) is 0 Å². The summed E-state index contributed by atoms with van der Waals surface area (Å²) in [4.78, 5) is 11.7. The number of rotatable bonds is 2. The van der Waals surface area contributed by atoms with Crippen molar-refractivity contribution in [2.24, 2.45) is 29.6 Å². The normalized spacial score (nSPS) is 40.6. The van der Waals surface area contributed by atoms with Gasteiger partial charge in [0, 0.05) is 5.92 Å². The molecule has 0 amide bonds. The van der Waals surface area contributed by atoms with Gasteiger partial charge in [0.1, 0.15) is 5.78 Å². The van der Waals surface area contributed by atoms with Crippen molar-refractivity contribution in [2.75, 3.05) is 0 Å². The van der Waals surface area contributed by atoms with E-state index < -0.39 is 0 Å². The lowest BCUT2D eigenvalue weighted by Gasteiger charge is -2.46. The van der Waals surface area contributed by atoms with Crippen molar-refractivity contribution in [1.29, 1.82) is 0 Å². The van der Waals surface area contributed by atoms with Crippen molar-refractivity contribution >= 4 is 5.78 Å². The maximum absolute atomic E-state index is 11.7. The summed E-state index contributed by atoms with van der Waals surface area (Å²) in [6.07, 6.45) is 7.18. The highest BCUT2D eigenvalue weighted by Gasteiger charge is 2.43. The summed E-state index contributed by atoms with van der Waals surface area (Å²) in [7, 11) is 0. The first-order chi connectivity index (χ1) is 6.61. The average molecular weight is 192 g/mol. The number of fused-ring (bicyclic) bond motifs is 2. The second-order valence-electron chi connectivity index (χ2n) is 5.25. The molecule has 0 spiro atoms. The summed E-state index contributed by atoms with van der Waals surface area (Å²) in [6, 6.07) is 0. The zero-order valence-electron chi connectivity index (χ0n) is 9.36. The van der Waals surface area contributed by atoms with Gasteiger partial charge in [-0.3, -0.25) is 4.79 Å². The van der Waals surface area contributed by atoms with Gasteiger partial charge >= 0.3 is 0 Å². The van der Waals surface area contributed by atoms with Crippen LogP contribution in [-0.2, 0) is 4.79 Å². The van der Waals surface area contributed by atoms with E-state index in [1.54, 1.807) is 6.92 Å². The molecule has 0 N–H and O–H groups in total. The molecule has 0 unspecified atom stereocenters. The molecule has 3 rings (SSSR count). The summed E-state index contributed by atoms with van der Waals surface area (Å²) in [6.45, 7) is 6.29. The van der Waals surface area contributed by atoms with E-state index in [9.17, 15) is 4.79 Å². The SMILES string of the molecule is CC(=O)[C@H]1[C@H](C(C)C)[C@H]2C=C[C@@H]1CC2. The lowest BCUT2D eigenvalue weighted by molar-refractivity contribution is -0.127. The molecule has 1 fully saturated rings.